The van der Waals surface area contributed by atoms with Crippen molar-refractivity contribution in [2.24, 2.45) is 0 Å². The molecule has 0 unspecified atom stereocenters. The van der Waals surface area contributed by atoms with E-state index in [9.17, 15) is 4.79 Å². The number of para-hydroxylation sites is 2. The standard InChI is InChI=1S/C23H22N2O3/c1-2-27-22(26)8-5-13-28-19-12-11-16-14-18(10-9-17(16)15-19)23-24-20-6-3-4-7-21(20)25-23/h3-4,6-7,9-12,14-15H,2,5,8,13H2,1H3,(H,24,25). The largest absolute Gasteiger partial charge is 0.494 e. The zero-order chi connectivity index (χ0) is 19.3. The second-order valence-electron chi connectivity index (χ2n) is 6.58. The van der Waals surface area contributed by atoms with Gasteiger partial charge in [0.1, 0.15) is 11.6 Å². The van der Waals surface area contributed by atoms with Crippen LogP contribution in [0.5, 0.6) is 5.75 Å². The zero-order valence-corrected chi connectivity index (χ0v) is 15.8. The smallest absolute Gasteiger partial charge is 0.305 e. The predicted octanol–water partition coefficient (Wildman–Crippen LogP) is 5.11. The summed E-state index contributed by atoms with van der Waals surface area (Å²) in [6, 6.07) is 20.3. The first-order valence-corrected chi connectivity index (χ1v) is 9.50. The van der Waals surface area contributed by atoms with Crippen molar-refractivity contribution < 1.29 is 14.3 Å². The number of aromatic amines is 1. The number of H-pyrrole nitrogens is 1. The van der Waals surface area contributed by atoms with Gasteiger partial charge < -0.3 is 14.5 Å². The minimum Gasteiger partial charge on any atom is -0.494 e. The number of esters is 1. The van der Waals surface area contributed by atoms with Gasteiger partial charge in [0.2, 0.25) is 0 Å². The van der Waals surface area contributed by atoms with Gasteiger partial charge in [0.25, 0.3) is 0 Å². The third-order valence-corrected chi connectivity index (χ3v) is 4.57. The second-order valence-corrected chi connectivity index (χ2v) is 6.58. The van der Waals surface area contributed by atoms with Crippen molar-refractivity contribution in [1.82, 2.24) is 9.97 Å². The Hall–Kier alpha value is -3.34. The maximum Gasteiger partial charge on any atom is 0.305 e. The fraction of sp³-hybridized carbons (Fsp3) is 0.217. The lowest BCUT2D eigenvalue weighted by molar-refractivity contribution is -0.143. The molecule has 3 aromatic carbocycles. The Morgan fingerprint density at radius 1 is 1.04 bits per heavy atom. The number of benzene rings is 3. The van der Waals surface area contributed by atoms with Crippen LogP contribution in [0.2, 0.25) is 0 Å². The van der Waals surface area contributed by atoms with Crippen LogP contribution in [-0.4, -0.2) is 29.2 Å². The number of hydrogen-bond acceptors (Lipinski definition) is 4. The molecule has 1 N–H and O–H groups in total. The molecule has 5 heteroatoms. The van der Waals surface area contributed by atoms with E-state index >= 15 is 0 Å². The first kappa shape index (κ1) is 18.0. The highest BCUT2D eigenvalue weighted by atomic mass is 16.5. The lowest BCUT2D eigenvalue weighted by Gasteiger charge is -2.08. The number of carbonyl (C=O) groups is 1. The number of aromatic nitrogens is 2. The first-order valence-electron chi connectivity index (χ1n) is 9.50. The van der Waals surface area contributed by atoms with Crippen molar-refractivity contribution >= 4 is 27.8 Å². The van der Waals surface area contributed by atoms with Gasteiger partial charge in [-0.25, -0.2) is 4.98 Å². The van der Waals surface area contributed by atoms with E-state index in [4.69, 9.17) is 9.47 Å². The number of hydrogen-bond donors (Lipinski definition) is 1. The molecule has 1 aromatic heterocycles. The zero-order valence-electron chi connectivity index (χ0n) is 15.8. The Morgan fingerprint density at radius 3 is 2.71 bits per heavy atom. The summed E-state index contributed by atoms with van der Waals surface area (Å²) in [5.74, 6) is 1.48. The lowest BCUT2D eigenvalue weighted by Crippen LogP contribution is -2.06. The first-order chi connectivity index (χ1) is 13.7. The van der Waals surface area contributed by atoms with E-state index in [1.54, 1.807) is 0 Å². The minimum atomic E-state index is -0.178. The van der Waals surface area contributed by atoms with E-state index in [-0.39, 0.29) is 5.97 Å². The number of imidazole rings is 1. The van der Waals surface area contributed by atoms with E-state index in [1.165, 1.54) is 0 Å². The molecule has 0 aliphatic heterocycles. The van der Waals surface area contributed by atoms with Gasteiger partial charge in [-0.2, -0.15) is 0 Å². The summed E-state index contributed by atoms with van der Waals surface area (Å²) in [4.78, 5) is 19.4. The van der Waals surface area contributed by atoms with Crippen molar-refractivity contribution in [1.29, 1.82) is 0 Å². The number of nitrogens with one attached hydrogen (secondary N) is 1. The molecule has 1 heterocycles. The fourth-order valence-electron chi connectivity index (χ4n) is 3.19. The van der Waals surface area contributed by atoms with Crippen molar-refractivity contribution in [2.75, 3.05) is 13.2 Å². The Kier molecular flexibility index (Phi) is 5.24. The molecule has 4 aromatic rings. The van der Waals surface area contributed by atoms with E-state index in [2.05, 4.69) is 28.2 Å². The molecular formula is C23H22N2O3. The van der Waals surface area contributed by atoms with E-state index < -0.39 is 0 Å². The van der Waals surface area contributed by atoms with Crippen molar-refractivity contribution in [3.63, 3.8) is 0 Å². The Bertz CT molecular complexity index is 1080. The van der Waals surface area contributed by atoms with Crippen LogP contribution in [0.4, 0.5) is 0 Å². The summed E-state index contributed by atoms with van der Waals surface area (Å²) in [7, 11) is 0. The third-order valence-electron chi connectivity index (χ3n) is 4.57. The maximum atomic E-state index is 11.3. The average Bonchev–Trinajstić information content (AvgIpc) is 3.15. The molecule has 0 spiro atoms. The molecule has 142 valence electrons. The van der Waals surface area contributed by atoms with Crippen LogP contribution >= 0.6 is 0 Å². The monoisotopic (exact) mass is 374 g/mol. The highest BCUT2D eigenvalue weighted by Crippen LogP contribution is 2.27. The van der Waals surface area contributed by atoms with Crippen LogP contribution in [0.1, 0.15) is 19.8 Å². The van der Waals surface area contributed by atoms with Crippen LogP contribution in [0.25, 0.3) is 33.2 Å². The Morgan fingerprint density at radius 2 is 1.86 bits per heavy atom. The molecule has 0 aliphatic rings. The summed E-state index contributed by atoms with van der Waals surface area (Å²) in [6.07, 6.45) is 1.02. The van der Waals surface area contributed by atoms with Gasteiger partial charge in [-0.3, -0.25) is 4.79 Å². The Labute approximate surface area is 163 Å². The van der Waals surface area contributed by atoms with E-state index in [0.29, 0.717) is 26.1 Å². The van der Waals surface area contributed by atoms with Crippen molar-refractivity contribution in [3.8, 4) is 17.1 Å². The van der Waals surface area contributed by atoms with E-state index in [1.807, 2.05) is 49.4 Å². The van der Waals surface area contributed by atoms with Crippen LogP contribution in [0.15, 0.2) is 60.7 Å². The molecular weight excluding hydrogens is 352 g/mol. The van der Waals surface area contributed by atoms with Gasteiger partial charge in [-0.05, 0) is 54.4 Å². The SMILES string of the molecule is CCOC(=O)CCCOc1ccc2cc(-c3nc4ccccc4[nH]3)ccc2c1. The Balaban J connectivity index is 1.46. The molecule has 0 saturated heterocycles. The van der Waals surface area contributed by atoms with Crippen LogP contribution in [0, 0.1) is 0 Å². The molecule has 28 heavy (non-hydrogen) atoms. The topological polar surface area (TPSA) is 64.2 Å². The predicted molar refractivity (Wildman–Crippen MR) is 110 cm³/mol. The van der Waals surface area contributed by atoms with Crippen molar-refractivity contribution in [3.05, 3.63) is 60.7 Å². The van der Waals surface area contributed by atoms with Crippen molar-refractivity contribution in [2.45, 2.75) is 19.8 Å². The molecule has 5 nitrogen and oxygen atoms in total. The number of carbonyl (C=O) groups excluding carboxylic acids is 1. The number of rotatable bonds is 7. The summed E-state index contributed by atoms with van der Waals surface area (Å²) < 4.78 is 10.7. The van der Waals surface area contributed by atoms with Gasteiger partial charge in [0, 0.05) is 12.0 Å². The van der Waals surface area contributed by atoms with Gasteiger partial charge in [-0.1, -0.05) is 30.3 Å². The van der Waals surface area contributed by atoms with Gasteiger partial charge in [-0.15, -0.1) is 0 Å². The molecule has 0 amide bonds. The van der Waals surface area contributed by atoms with Crippen LogP contribution < -0.4 is 4.74 Å². The number of fused-ring (bicyclic) bond motifs is 2. The molecule has 0 fully saturated rings. The summed E-state index contributed by atoms with van der Waals surface area (Å²) >= 11 is 0. The molecule has 4 rings (SSSR count). The normalized spacial score (nSPS) is 11.0. The quantitative estimate of drug-likeness (QED) is 0.361. The van der Waals surface area contributed by atoms with Crippen LogP contribution in [0.3, 0.4) is 0 Å². The lowest BCUT2D eigenvalue weighted by atomic mass is 10.1. The van der Waals surface area contributed by atoms with E-state index in [0.717, 1.165) is 38.9 Å². The minimum absolute atomic E-state index is 0.178. The highest BCUT2D eigenvalue weighted by Gasteiger charge is 2.07. The fourth-order valence-corrected chi connectivity index (χ4v) is 3.19. The number of ether oxygens (including phenoxy) is 2. The van der Waals surface area contributed by atoms with Gasteiger partial charge in [0.15, 0.2) is 0 Å². The third kappa shape index (κ3) is 3.98. The summed E-state index contributed by atoms with van der Waals surface area (Å²) in [5, 5.41) is 2.22. The highest BCUT2D eigenvalue weighted by molar-refractivity contribution is 5.88. The molecule has 0 saturated carbocycles. The second kappa shape index (κ2) is 8.13. The maximum absolute atomic E-state index is 11.3. The molecule has 0 aliphatic carbocycles. The van der Waals surface area contributed by atoms with Gasteiger partial charge >= 0.3 is 5.97 Å². The summed E-state index contributed by atoms with van der Waals surface area (Å²) in [5.41, 5.74) is 3.04. The molecule has 0 atom stereocenters. The number of nitrogens with zero attached hydrogens (tertiary/aromatic N) is 1. The summed E-state index contributed by atoms with van der Waals surface area (Å²) in [6.45, 7) is 2.71. The van der Waals surface area contributed by atoms with Gasteiger partial charge in [0.05, 0.1) is 24.2 Å². The molecule has 0 radical (unpaired) electrons. The van der Waals surface area contributed by atoms with Crippen LogP contribution in [-0.2, 0) is 9.53 Å². The average molecular weight is 374 g/mol. The molecule has 0 bridgehead atoms.